The molecule has 0 saturated heterocycles. The maximum Gasteiger partial charge on any atom is 0.283 e. The molecule has 1 aromatic carbocycles. The molecule has 0 atom stereocenters. The van der Waals surface area contributed by atoms with Crippen LogP contribution in [0.1, 0.15) is 15.4 Å². The van der Waals surface area contributed by atoms with Gasteiger partial charge in [0.2, 0.25) is 0 Å². The molecule has 2 rings (SSSR count). The third-order valence-corrected chi connectivity index (χ3v) is 3.53. The number of thiocarbonyl (C=S) groups is 1. The molecule has 0 aliphatic heterocycles. The van der Waals surface area contributed by atoms with Gasteiger partial charge in [0.1, 0.15) is 10.6 Å². The Kier molecular flexibility index (Phi) is 5.01. The van der Waals surface area contributed by atoms with Crippen molar-refractivity contribution < 1.29 is 9.53 Å². The second-order valence-electron chi connectivity index (χ2n) is 3.95. The summed E-state index contributed by atoms with van der Waals surface area (Å²) in [4.78, 5) is 12.3. The lowest BCUT2D eigenvalue weighted by atomic mass is 10.3. The second kappa shape index (κ2) is 6.95. The molecule has 2 aromatic rings. The zero-order chi connectivity index (χ0) is 15.2. The van der Waals surface area contributed by atoms with E-state index in [1.54, 1.807) is 26.2 Å². The molecule has 0 bridgehead atoms. The molecule has 0 saturated carbocycles. The van der Waals surface area contributed by atoms with Gasteiger partial charge < -0.3 is 10.1 Å². The number of rotatable bonds is 3. The molecule has 3 N–H and O–H groups in total. The van der Waals surface area contributed by atoms with Crippen molar-refractivity contribution in [3.63, 3.8) is 0 Å². The minimum absolute atomic E-state index is 0.267. The molecule has 0 radical (unpaired) electrons. The number of carbonyl (C=O) groups is 1. The maximum absolute atomic E-state index is 11.8. The van der Waals surface area contributed by atoms with Crippen LogP contribution < -0.4 is 20.9 Å². The van der Waals surface area contributed by atoms with E-state index in [4.69, 9.17) is 17.0 Å². The molecule has 1 heterocycles. The van der Waals surface area contributed by atoms with Crippen LogP contribution in [0.4, 0.5) is 5.69 Å². The van der Waals surface area contributed by atoms with Crippen molar-refractivity contribution in [3.8, 4) is 5.75 Å². The van der Waals surface area contributed by atoms with E-state index in [0.29, 0.717) is 10.6 Å². The first-order valence-corrected chi connectivity index (χ1v) is 7.08. The summed E-state index contributed by atoms with van der Waals surface area (Å²) in [6.07, 6.45) is 0. The van der Waals surface area contributed by atoms with Gasteiger partial charge in [-0.3, -0.25) is 15.6 Å². The summed E-state index contributed by atoms with van der Waals surface area (Å²) >= 11 is 6.11. The van der Waals surface area contributed by atoms with Crippen LogP contribution in [0, 0.1) is 6.92 Å². The van der Waals surface area contributed by atoms with E-state index >= 15 is 0 Å². The van der Waals surface area contributed by atoms with E-state index in [1.807, 2.05) is 12.1 Å². The monoisotopic (exact) mass is 323 g/mol. The van der Waals surface area contributed by atoms with Crippen LogP contribution in [0.25, 0.3) is 0 Å². The number of amides is 1. The number of hydrogen-bond donors (Lipinski definition) is 3. The Morgan fingerprint density at radius 2 is 2.00 bits per heavy atom. The lowest BCUT2D eigenvalue weighted by molar-refractivity contribution is 0.0947. The molecule has 0 aliphatic carbocycles. The molecule has 110 valence electrons. The number of carbonyl (C=O) groups excluding carboxylic acids is 1. The standard InChI is InChI=1S/C12H13N5O2S2/c1-7-10(21-17-14-7)11(18)15-16-12(20)13-8-3-5-9(19-2)6-4-8/h3-6H,1-2H3,(H,15,18)(H2,13,16,20). The maximum atomic E-state index is 11.8. The highest BCUT2D eigenvalue weighted by atomic mass is 32.1. The van der Waals surface area contributed by atoms with Crippen molar-refractivity contribution in [1.29, 1.82) is 0 Å². The Bertz CT molecular complexity index is 641. The van der Waals surface area contributed by atoms with Crippen LogP contribution in [-0.2, 0) is 0 Å². The molecule has 1 aromatic heterocycles. The number of ether oxygens (including phenoxy) is 1. The number of hydrazine groups is 1. The number of methoxy groups -OCH3 is 1. The average molecular weight is 323 g/mol. The van der Waals surface area contributed by atoms with Crippen molar-refractivity contribution in [2.24, 2.45) is 0 Å². The van der Waals surface area contributed by atoms with Gasteiger partial charge in [-0.2, -0.15) is 0 Å². The van der Waals surface area contributed by atoms with Crippen LogP contribution in [-0.4, -0.2) is 27.7 Å². The topological polar surface area (TPSA) is 88.2 Å². The highest BCUT2D eigenvalue weighted by Crippen LogP contribution is 2.14. The van der Waals surface area contributed by atoms with Crippen LogP contribution in [0.5, 0.6) is 5.75 Å². The predicted octanol–water partition coefficient (Wildman–Crippen LogP) is 1.49. The number of aromatic nitrogens is 2. The average Bonchev–Trinajstić information content (AvgIpc) is 2.92. The lowest BCUT2D eigenvalue weighted by Crippen LogP contribution is -2.43. The molecule has 1 amide bonds. The normalized spacial score (nSPS) is 9.81. The number of anilines is 1. The number of nitrogens with zero attached hydrogens (tertiary/aromatic N) is 2. The van der Waals surface area contributed by atoms with Crippen LogP contribution in [0.2, 0.25) is 0 Å². The van der Waals surface area contributed by atoms with Gasteiger partial charge in [-0.15, -0.1) is 5.10 Å². The van der Waals surface area contributed by atoms with E-state index in [-0.39, 0.29) is 11.0 Å². The summed E-state index contributed by atoms with van der Waals surface area (Å²) < 4.78 is 8.76. The van der Waals surface area contributed by atoms with Crippen molar-refractivity contribution in [1.82, 2.24) is 20.4 Å². The Balaban J connectivity index is 1.84. The Labute approximate surface area is 130 Å². The zero-order valence-corrected chi connectivity index (χ0v) is 13.0. The van der Waals surface area contributed by atoms with E-state index in [2.05, 4.69) is 25.8 Å². The molecule has 0 unspecified atom stereocenters. The molecule has 21 heavy (non-hydrogen) atoms. The van der Waals surface area contributed by atoms with Gasteiger partial charge in [0.25, 0.3) is 5.91 Å². The van der Waals surface area contributed by atoms with Gasteiger partial charge in [-0.25, -0.2) is 0 Å². The fourth-order valence-corrected chi connectivity index (χ4v) is 2.17. The van der Waals surface area contributed by atoms with Gasteiger partial charge in [0, 0.05) is 5.69 Å². The quantitative estimate of drug-likeness (QED) is 0.582. The molecular formula is C12H13N5O2S2. The first-order chi connectivity index (χ1) is 10.1. The predicted molar refractivity (Wildman–Crippen MR) is 84.5 cm³/mol. The van der Waals surface area contributed by atoms with Gasteiger partial charge in [-0.05, 0) is 54.9 Å². The van der Waals surface area contributed by atoms with Crippen molar-refractivity contribution in [3.05, 3.63) is 34.8 Å². The number of aryl methyl sites for hydroxylation is 1. The van der Waals surface area contributed by atoms with E-state index < -0.39 is 0 Å². The molecular weight excluding hydrogens is 310 g/mol. The van der Waals surface area contributed by atoms with E-state index in [9.17, 15) is 4.79 Å². The Morgan fingerprint density at radius 1 is 1.29 bits per heavy atom. The van der Waals surface area contributed by atoms with E-state index in [0.717, 1.165) is 23.0 Å². The number of nitrogens with one attached hydrogen (secondary N) is 3. The highest BCUT2D eigenvalue weighted by molar-refractivity contribution is 7.80. The highest BCUT2D eigenvalue weighted by Gasteiger charge is 2.12. The summed E-state index contributed by atoms with van der Waals surface area (Å²) in [6.45, 7) is 1.71. The minimum Gasteiger partial charge on any atom is -0.497 e. The summed E-state index contributed by atoms with van der Waals surface area (Å²) in [7, 11) is 1.60. The van der Waals surface area contributed by atoms with Crippen molar-refractivity contribution in [2.45, 2.75) is 6.92 Å². The van der Waals surface area contributed by atoms with Crippen LogP contribution in [0.3, 0.4) is 0 Å². The first kappa shape index (κ1) is 15.1. The summed E-state index contributed by atoms with van der Waals surface area (Å²) in [5.74, 6) is 0.419. The molecule has 7 nitrogen and oxygen atoms in total. The van der Waals surface area contributed by atoms with Crippen molar-refractivity contribution >= 4 is 40.5 Å². The first-order valence-electron chi connectivity index (χ1n) is 5.90. The largest absolute Gasteiger partial charge is 0.497 e. The smallest absolute Gasteiger partial charge is 0.283 e. The lowest BCUT2D eigenvalue weighted by Gasteiger charge is -2.11. The molecule has 0 fully saturated rings. The number of benzene rings is 1. The van der Waals surface area contributed by atoms with Crippen LogP contribution >= 0.6 is 23.8 Å². The van der Waals surface area contributed by atoms with Gasteiger partial charge >= 0.3 is 0 Å². The third kappa shape index (κ3) is 4.10. The fourth-order valence-electron chi connectivity index (χ4n) is 1.45. The van der Waals surface area contributed by atoms with Crippen LogP contribution in [0.15, 0.2) is 24.3 Å². The Morgan fingerprint density at radius 3 is 2.57 bits per heavy atom. The Hall–Kier alpha value is -2.26. The minimum atomic E-state index is -0.332. The zero-order valence-electron chi connectivity index (χ0n) is 11.3. The van der Waals surface area contributed by atoms with Gasteiger partial charge in [0.05, 0.1) is 12.8 Å². The molecule has 9 heteroatoms. The summed E-state index contributed by atoms with van der Waals surface area (Å²) in [6, 6.07) is 7.23. The summed E-state index contributed by atoms with van der Waals surface area (Å²) in [5, 5.41) is 6.97. The van der Waals surface area contributed by atoms with Gasteiger partial charge in [0.15, 0.2) is 5.11 Å². The fraction of sp³-hybridized carbons (Fsp3) is 0.167. The second-order valence-corrected chi connectivity index (χ2v) is 5.11. The summed E-state index contributed by atoms with van der Waals surface area (Å²) in [5.41, 5.74) is 6.45. The van der Waals surface area contributed by atoms with Crippen molar-refractivity contribution in [2.75, 3.05) is 12.4 Å². The van der Waals surface area contributed by atoms with Gasteiger partial charge in [-0.1, -0.05) is 4.49 Å². The number of hydrogen-bond acceptors (Lipinski definition) is 6. The SMILES string of the molecule is COc1ccc(NC(=S)NNC(=O)c2snnc2C)cc1. The molecule has 0 aliphatic rings. The molecule has 0 spiro atoms. The van der Waals surface area contributed by atoms with E-state index in [1.165, 1.54) is 0 Å². The third-order valence-electron chi connectivity index (χ3n) is 2.50.